The van der Waals surface area contributed by atoms with E-state index in [0.29, 0.717) is 17.8 Å². The van der Waals surface area contributed by atoms with Crippen LogP contribution in [0.3, 0.4) is 0 Å². The Kier molecular flexibility index (Phi) is 4.94. The Morgan fingerprint density at radius 3 is 2.43 bits per heavy atom. The van der Waals surface area contributed by atoms with E-state index in [0.717, 1.165) is 32.4 Å². The number of hydrogen-bond donors (Lipinski definition) is 1. The van der Waals surface area contributed by atoms with E-state index in [1.807, 2.05) is 0 Å². The summed E-state index contributed by atoms with van der Waals surface area (Å²) in [5.74, 6) is 0.872. The maximum Gasteiger partial charge on any atom is 0.465 e. The summed E-state index contributed by atoms with van der Waals surface area (Å²) >= 11 is 0. The maximum absolute atomic E-state index is 6.28. The molecule has 23 heavy (non-hydrogen) atoms. The Morgan fingerprint density at radius 2 is 1.87 bits per heavy atom. The zero-order valence-electron chi connectivity index (χ0n) is 15.3. The largest absolute Gasteiger partial charge is 0.465 e. The number of hydrogen-bond acceptors (Lipinski definition) is 4. The van der Waals surface area contributed by atoms with Crippen LogP contribution in [0, 0.1) is 5.92 Å². The van der Waals surface area contributed by atoms with Gasteiger partial charge in [-0.3, -0.25) is 0 Å². The third-order valence-electron chi connectivity index (χ3n) is 6.12. The molecule has 1 aliphatic carbocycles. The second-order valence-corrected chi connectivity index (χ2v) is 8.28. The molecule has 0 bridgehead atoms. The summed E-state index contributed by atoms with van der Waals surface area (Å²) < 4.78 is 18.8. The molecule has 4 atom stereocenters. The minimum absolute atomic E-state index is 0.143. The molecule has 0 saturated carbocycles. The standard InChI is InChI=1S/C18H32BNO3/c1-6-13-11-14(21-15-9-10-20-12-15)7-8-16(13)19-22-17(2,3)18(4,5)23-19/h7-8,13-16,20H,6,9-12H2,1-5H3/t13?,14?,15-,16?/m0/s1. The summed E-state index contributed by atoms with van der Waals surface area (Å²) in [7, 11) is -0.143. The second-order valence-electron chi connectivity index (χ2n) is 8.28. The van der Waals surface area contributed by atoms with E-state index >= 15 is 0 Å². The van der Waals surface area contributed by atoms with Crippen molar-refractivity contribution >= 4 is 7.12 Å². The lowest BCUT2D eigenvalue weighted by Gasteiger charge is -2.33. The van der Waals surface area contributed by atoms with Crippen LogP contribution in [-0.4, -0.2) is 43.6 Å². The normalized spacial score (nSPS) is 39.1. The number of nitrogens with one attached hydrogen (secondary N) is 1. The number of allylic oxidation sites excluding steroid dienone is 1. The summed E-state index contributed by atoms with van der Waals surface area (Å²) in [6.45, 7) is 12.8. The molecule has 3 unspecified atom stereocenters. The van der Waals surface area contributed by atoms with Crippen molar-refractivity contribution in [3.8, 4) is 0 Å². The smallest absolute Gasteiger partial charge is 0.403 e. The van der Waals surface area contributed by atoms with Gasteiger partial charge in [-0.1, -0.05) is 25.5 Å². The zero-order chi connectivity index (χ0) is 16.7. The van der Waals surface area contributed by atoms with Gasteiger partial charge in [-0.15, -0.1) is 0 Å². The van der Waals surface area contributed by atoms with Crippen LogP contribution >= 0.6 is 0 Å². The molecule has 3 aliphatic rings. The SMILES string of the molecule is CCC1CC(O[C@H]2CCNC2)C=CC1B1OC(C)(C)C(C)(C)O1. The molecular formula is C18H32BNO3. The lowest BCUT2D eigenvalue weighted by Crippen LogP contribution is -2.41. The predicted molar refractivity (Wildman–Crippen MR) is 93.5 cm³/mol. The number of rotatable bonds is 4. The van der Waals surface area contributed by atoms with Gasteiger partial charge < -0.3 is 19.4 Å². The highest BCUT2D eigenvalue weighted by Crippen LogP contribution is 2.45. The molecule has 0 aromatic rings. The van der Waals surface area contributed by atoms with Gasteiger partial charge in [0, 0.05) is 12.4 Å². The van der Waals surface area contributed by atoms with Gasteiger partial charge >= 0.3 is 7.12 Å². The predicted octanol–water partition coefficient (Wildman–Crippen LogP) is 3.18. The molecule has 0 radical (unpaired) electrons. The minimum Gasteiger partial charge on any atom is -0.403 e. The van der Waals surface area contributed by atoms with Crippen LogP contribution in [0.5, 0.6) is 0 Å². The molecule has 2 fully saturated rings. The summed E-state index contributed by atoms with van der Waals surface area (Å²) in [6.07, 6.45) is 8.45. The first kappa shape index (κ1) is 17.5. The van der Waals surface area contributed by atoms with Crippen molar-refractivity contribution in [2.75, 3.05) is 13.1 Å². The molecule has 3 rings (SSSR count). The summed E-state index contributed by atoms with van der Waals surface area (Å²) in [5, 5.41) is 3.37. The van der Waals surface area contributed by atoms with E-state index in [1.54, 1.807) is 0 Å². The summed E-state index contributed by atoms with van der Waals surface area (Å²) in [6, 6.07) is 0. The van der Waals surface area contributed by atoms with Gasteiger partial charge in [0.25, 0.3) is 0 Å². The van der Waals surface area contributed by atoms with Gasteiger partial charge in [0.1, 0.15) is 0 Å². The van der Waals surface area contributed by atoms with E-state index in [-0.39, 0.29) is 24.4 Å². The molecule has 0 aromatic heterocycles. The Balaban J connectivity index is 1.66. The fraction of sp³-hybridized carbons (Fsp3) is 0.889. The highest BCUT2D eigenvalue weighted by Gasteiger charge is 2.54. The molecule has 1 N–H and O–H groups in total. The average Bonchev–Trinajstić information content (AvgIpc) is 3.05. The van der Waals surface area contributed by atoms with Crippen LogP contribution in [0.25, 0.3) is 0 Å². The van der Waals surface area contributed by atoms with E-state index < -0.39 is 0 Å². The first-order valence-corrected chi connectivity index (χ1v) is 9.22. The topological polar surface area (TPSA) is 39.7 Å². The quantitative estimate of drug-likeness (QED) is 0.638. The van der Waals surface area contributed by atoms with Crippen molar-refractivity contribution in [2.24, 2.45) is 5.92 Å². The van der Waals surface area contributed by atoms with Crippen LogP contribution in [0.2, 0.25) is 5.82 Å². The van der Waals surface area contributed by atoms with Crippen molar-refractivity contribution in [1.29, 1.82) is 0 Å². The van der Waals surface area contributed by atoms with E-state index in [9.17, 15) is 0 Å². The molecule has 2 heterocycles. The third-order valence-corrected chi connectivity index (χ3v) is 6.12. The molecule has 5 heteroatoms. The molecule has 130 valence electrons. The van der Waals surface area contributed by atoms with Gasteiger partial charge in [-0.25, -0.2) is 0 Å². The Bertz CT molecular complexity index is 430. The molecule has 0 spiro atoms. The van der Waals surface area contributed by atoms with E-state index in [2.05, 4.69) is 52.1 Å². The molecule has 0 aromatic carbocycles. The Morgan fingerprint density at radius 1 is 1.17 bits per heavy atom. The van der Waals surface area contributed by atoms with Crippen LogP contribution in [0.1, 0.15) is 53.9 Å². The van der Waals surface area contributed by atoms with E-state index in [4.69, 9.17) is 14.0 Å². The molecular weight excluding hydrogens is 289 g/mol. The van der Waals surface area contributed by atoms with Gasteiger partial charge in [0.2, 0.25) is 0 Å². The van der Waals surface area contributed by atoms with Crippen molar-refractivity contribution in [3.05, 3.63) is 12.2 Å². The van der Waals surface area contributed by atoms with Crippen molar-refractivity contribution in [1.82, 2.24) is 5.32 Å². The zero-order valence-corrected chi connectivity index (χ0v) is 15.3. The molecule has 4 nitrogen and oxygen atoms in total. The lowest BCUT2D eigenvalue weighted by molar-refractivity contribution is 0.00578. The second kappa shape index (κ2) is 6.51. The fourth-order valence-corrected chi connectivity index (χ4v) is 3.83. The highest BCUT2D eigenvalue weighted by molar-refractivity contribution is 6.48. The Hall–Kier alpha value is -0.355. The highest BCUT2D eigenvalue weighted by atomic mass is 16.7. The average molecular weight is 321 g/mol. The lowest BCUT2D eigenvalue weighted by atomic mass is 9.61. The van der Waals surface area contributed by atoms with E-state index in [1.165, 1.54) is 0 Å². The summed E-state index contributed by atoms with van der Waals surface area (Å²) in [4.78, 5) is 0. The molecule has 2 aliphatic heterocycles. The molecule has 2 saturated heterocycles. The van der Waals surface area contributed by atoms with Gasteiger partial charge in [0.05, 0.1) is 23.4 Å². The van der Waals surface area contributed by atoms with Gasteiger partial charge in [0.15, 0.2) is 0 Å². The summed E-state index contributed by atoms with van der Waals surface area (Å²) in [5.41, 5.74) is -0.515. The van der Waals surface area contributed by atoms with Gasteiger partial charge in [-0.2, -0.15) is 0 Å². The van der Waals surface area contributed by atoms with Crippen LogP contribution in [0.4, 0.5) is 0 Å². The van der Waals surface area contributed by atoms with Crippen molar-refractivity contribution in [3.63, 3.8) is 0 Å². The number of ether oxygens (including phenoxy) is 1. The van der Waals surface area contributed by atoms with Crippen molar-refractivity contribution in [2.45, 2.75) is 83.1 Å². The maximum atomic E-state index is 6.28. The van der Waals surface area contributed by atoms with Crippen LogP contribution < -0.4 is 5.32 Å². The van der Waals surface area contributed by atoms with Crippen molar-refractivity contribution < 1.29 is 14.0 Å². The first-order chi connectivity index (χ1) is 10.8. The fourth-order valence-electron chi connectivity index (χ4n) is 3.83. The van der Waals surface area contributed by atoms with Crippen LogP contribution in [0.15, 0.2) is 12.2 Å². The third kappa shape index (κ3) is 3.53. The minimum atomic E-state index is -0.257. The Labute approximate surface area is 141 Å². The van der Waals surface area contributed by atoms with Crippen LogP contribution in [-0.2, 0) is 14.0 Å². The molecule has 0 amide bonds. The monoisotopic (exact) mass is 321 g/mol. The first-order valence-electron chi connectivity index (χ1n) is 9.22. The van der Waals surface area contributed by atoms with Gasteiger partial charge in [-0.05, 0) is 53.0 Å².